The minimum atomic E-state index is -0.551. The van der Waals surface area contributed by atoms with E-state index in [1.54, 1.807) is 0 Å². The molecule has 4 N–H and O–H groups in total. The quantitative estimate of drug-likeness (QED) is 0.0739. The van der Waals surface area contributed by atoms with Gasteiger partial charge in [0, 0.05) is 18.7 Å². The van der Waals surface area contributed by atoms with Crippen LogP contribution < -0.4 is 16.0 Å². The molecule has 0 aliphatic heterocycles. The van der Waals surface area contributed by atoms with Crippen molar-refractivity contribution < 1.29 is 29.0 Å². The molecule has 0 atom stereocenters. The summed E-state index contributed by atoms with van der Waals surface area (Å²) < 4.78 is 10.9. The van der Waals surface area contributed by atoms with Crippen LogP contribution >= 0.6 is 22.9 Å². The van der Waals surface area contributed by atoms with E-state index in [0.29, 0.717) is 18.9 Å². The first-order valence-corrected chi connectivity index (χ1v) is 8.52. The molecule has 0 heterocycles. The van der Waals surface area contributed by atoms with Crippen LogP contribution in [0.4, 0.5) is 4.79 Å². The van der Waals surface area contributed by atoms with Crippen LogP contribution in [0.1, 0.15) is 0 Å². The molecule has 26 heavy (non-hydrogen) atoms. The zero-order chi connectivity index (χ0) is 19.8. The number of nitrogens with one attached hydrogen (secondary N) is 3. The van der Waals surface area contributed by atoms with Crippen LogP contribution in [-0.4, -0.2) is 65.6 Å². The first-order valence-electron chi connectivity index (χ1n) is 7.56. The number of aliphatic hydroxyl groups is 1. The average molecular weight is 482 g/mol. The van der Waals surface area contributed by atoms with Gasteiger partial charge in [-0.2, -0.15) is 0 Å². The van der Waals surface area contributed by atoms with Gasteiger partial charge in [0.2, 0.25) is 0 Å². The predicted octanol–water partition coefficient (Wildman–Crippen LogP) is 0.343. The van der Waals surface area contributed by atoms with Crippen molar-refractivity contribution in [3.8, 4) is 0 Å². The molecule has 0 unspecified atom stereocenters. The number of nitrogens with zero attached hydrogens (tertiary/aromatic N) is 1. The Hall–Kier alpha value is -2.44. The summed E-state index contributed by atoms with van der Waals surface area (Å²) in [5, 5.41) is 17.4. The second-order valence-corrected chi connectivity index (χ2v) is 5.62. The maximum atomic E-state index is 11.8. The number of ether oxygens (including phenoxy) is 2. The van der Waals surface area contributed by atoms with Crippen molar-refractivity contribution in [1.29, 1.82) is 0 Å². The number of esters is 2. The number of urea groups is 1. The molecule has 0 aromatic heterocycles. The SMILES string of the molecule is C=CC(=O)OCCNC(=O)N(I)CCN/C(=C\O)NCCOC(=O)C=C. The van der Waals surface area contributed by atoms with Gasteiger partial charge in [0.05, 0.1) is 42.5 Å². The summed E-state index contributed by atoms with van der Waals surface area (Å²) >= 11 is 1.83. The van der Waals surface area contributed by atoms with Crippen LogP contribution in [0, 0.1) is 0 Å². The Morgan fingerprint density at radius 3 is 1.96 bits per heavy atom. The molecule has 0 radical (unpaired) electrons. The number of hydrogen-bond acceptors (Lipinski definition) is 8. The van der Waals surface area contributed by atoms with Crippen molar-refractivity contribution in [2.45, 2.75) is 0 Å². The van der Waals surface area contributed by atoms with Gasteiger partial charge in [-0.25, -0.2) is 14.4 Å². The van der Waals surface area contributed by atoms with Gasteiger partial charge in [0.1, 0.15) is 25.3 Å². The first-order chi connectivity index (χ1) is 12.4. The highest BCUT2D eigenvalue weighted by atomic mass is 127. The number of halogens is 1. The molecule has 0 aliphatic carbocycles. The summed E-state index contributed by atoms with van der Waals surface area (Å²) in [6.45, 7) is 7.86. The van der Waals surface area contributed by atoms with Crippen molar-refractivity contribution in [3.05, 3.63) is 37.4 Å². The zero-order valence-corrected chi connectivity index (χ0v) is 16.4. The molecule has 0 saturated carbocycles. The fourth-order valence-corrected chi connectivity index (χ4v) is 1.81. The van der Waals surface area contributed by atoms with E-state index in [1.807, 2.05) is 22.9 Å². The number of carbonyl (C=O) groups is 3. The second kappa shape index (κ2) is 14.9. The van der Waals surface area contributed by atoms with Crippen molar-refractivity contribution in [2.24, 2.45) is 0 Å². The topological polar surface area (TPSA) is 129 Å². The highest BCUT2D eigenvalue weighted by Gasteiger charge is 2.09. The van der Waals surface area contributed by atoms with Crippen LogP contribution in [0.25, 0.3) is 0 Å². The van der Waals surface area contributed by atoms with Crippen molar-refractivity contribution >= 4 is 40.8 Å². The van der Waals surface area contributed by atoms with E-state index < -0.39 is 11.9 Å². The Kier molecular flexibility index (Phi) is 13.5. The molecular weight excluding hydrogens is 459 g/mol. The Balaban J connectivity index is 3.88. The maximum Gasteiger partial charge on any atom is 0.330 e. The Morgan fingerprint density at radius 2 is 1.46 bits per heavy atom. The number of carbonyl (C=O) groups excluding carboxylic acids is 3. The fourth-order valence-electron chi connectivity index (χ4n) is 1.39. The maximum absolute atomic E-state index is 11.8. The van der Waals surface area contributed by atoms with Crippen LogP contribution in [0.3, 0.4) is 0 Å². The fraction of sp³-hybridized carbons (Fsp3) is 0.400. The minimum Gasteiger partial charge on any atom is -0.512 e. The monoisotopic (exact) mass is 482 g/mol. The van der Waals surface area contributed by atoms with Gasteiger partial charge in [-0.05, 0) is 0 Å². The van der Waals surface area contributed by atoms with E-state index >= 15 is 0 Å². The van der Waals surface area contributed by atoms with E-state index in [0.717, 1.165) is 18.4 Å². The highest BCUT2D eigenvalue weighted by molar-refractivity contribution is 14.1. The smallest absolute Gasteiger partial charge is 0.330 e. The van der Waals surface area contributed by atoms with Gasteiger partial charge in [-0.1, -0.05) is 13.2 Å². The molecule has 0 aliphatic rings. The molecule has 11 heteroatoms. The van der Waals surface area contributed by atoms with Gasteiger partial charge in [0.25, 0.3) is 0 Å². The molecule has 0 rings (SSSR count). The average Bonchev–Trinajstić information content (AvgIpc) is 2.65. The normalized spacial score (nSPS) is 10.3. The molecule has 2 amide bonds. The number of hydrogen-bond donors (Lipinski definition) is 4. The van der Waals surface area contributed by atoms with Crippen LogP contribution in [0.2, 0.25) is 0 Å². The largest absolute Gasteiger partial charge is 0.512 e. The number of amides is 2. The Bertz CT molecular complexity index is 526. The van der Waals surface area contributed by atoms with E-state index in [4.69, 9.17) is 14.6 Å². The van der Waals surface area contributed by atoms with Crippen LogP contribution in [0.5, 0.6) is 0 Å². The summed E-state index contributed by atoms with van der Waals surface area (Å²) in [7, 11) is 0. The van der Waals surface area contributed by atoms with E-state index in [1.165, 1.54) is 3.11 Å². The van der Waals surface area contributed by atoms with E-state index in [-0.39, 0.29) is 32.3 Å². The molecule has 146 valence electrons. The highest BCUT2D eigenvalue weighted by Crippen LogP contribution is 1.98. The zero-order valence-electron chi connectivity index (χ0n) is 14.2. The standard InChI is InChI=1S/C15H23IN4O6/c1-3-13(22)25-9-6-18-12(11-21)17-5-8-20(16)15(24)19-7-10-26-14(23)4-2/h3-4,11,17-18,21H,1-2,5-10H2,(H,19,24)/b12-11+. The molecule has 0 saturated heterocycles. The lowest BCUT2D eigenvalue weighted by atomic mass is 10.5. The molecule has 0 aromatic rings. The summed E-state index contributed by atoms with van der Waals surface area (Å²) in [4.78, 5) is 33.5. The molecule has 0 bridgehead atoms. The lowest BCUT2D eigenvalue weighted by Crippen LogP contribution is -2.40. The summed E-state index contributed by atoms with van der Waals surface area (Å²) in [5.41, 5.74) is 0. The van der Waals surface area contributed by atoms with Crippen molar-refractivity contribution in [3.63, 3.8) is 0 Å². The van der Waals surface area contributed by atoms with Crippen molar-refractivity contribution in [2.75, 3.05) is 39.4 Å². The van der Waals surface area contributed by atoms with Gasteiger partial charge in [0.15, 0.2) is 0 Å². The molecule has 0 fully saturated rings. The lowest BCUT2D eigenvalue weighted by molar-refractivity contribution is -0.138. The van der Waals surface area contributed by atoms with E-state index in [9.17, 15) is 14.4 Å². The molecular formula is C15H23IN4O6. The van der Waals surface area contributed by atoms with Gasteiger partial charge in [-0.15, -0.1) is 0 Å². The lowest BCUT2D eigenvalue weighted by Gasteiger charge is -2.17. The summed E-state index contributed by atoms with van der Waals surface area (Å²) in [6, 6.07) is -0.346. The third-order valence-corrected chi connectivity index (χ3v) is 3.51. The van der Waals surface area contributed by atoms with Gasteiger partial charge < -0.3 is 30.5 Å². The van der Waals surface area contributed by atoms with E-state index in [2.05, 4.69) is 29.1 Å². The third kappa shape index (κ3) is 12.0. The summed E-state index contributed by atoms with van der Waals surface area (Å²) in [5.74, 6) is -0.758. The van der Waals surface area contributed by atoms with Crippen LogP contribution in [-0.2, 0) is 19.1 Å². The minimum absolute atomic E-state index is 0.0526. The molecule has 0 aromatic carbocycles. The number of rotatable bonds is 13. The van der Waals surface area contributed by atoms with Gasteiger partial charge in [-0.3, -0.25) is 3.11 Å². The number of aliphatic hydroxyl groups excluding tert-OH is 1. The van der Waals surface area contributed by atoms with Crippen LogP contribution in [0.15, 0.2) is 37.4 Å². The van der Waals surface area contributed by atoms with Crippen molar-refractivity contribution in [1.82, 2.24) is 19.1 Å². The Morgan fingerprint density at radius 1 is 0.962 bits per heavy atom. The Labute approximate surface area is 165 Å². The summed E-state index contributed by atoms with van der Waals surface area (Å²) in [6.07, 6.45) is 2.94. The molecule has 10 nitrogen and oxygen atoms in total. The third-order valence-electron chi connectivity index (χ3n) is 2.59. The molecule has 0 spiro atoms. The first kappa shape index (κ1) is 23.6. The predicted molar refractivity (Wildman–Crippen MR) is 103 cm³/mol. The van der Waals surface area contributed by atoms with Gasteiger partial charge >= 0.3 is 18.0 Å². The second-order valence-electron chi connectivity index (χ2n) is 4.46.